The third kappa shape index (κ3) is 2.98. The van der Waals surface area contributed by atoms with Crippen molar-refractivity contribution >= 4 is 28.7 Å². The van der Waals surface area contributed by atoms with Gasteiger partial charge in [-0.15, -0.1) is 0 Å². The van der Waals surface area contributed by atoms with Gasteiger partial charge in [-0.05, 0) is 59.7 Å². The number of carbonyl (C=O) groups excluding carboxylic acids is 1. The molecule has 126 valence electrons. The van der Waals surface area contributed by atoms with Crippen LogP contribution in [-0.2, 0) is 0 Å². The van der Waals surface area contributed by atoms with Crippen molar-refractivity contribution < 1.29 is 9.18 Å². The van der Waals surface area contributed by atoms with Gasteiger partial charge in [-0.3, -0.25) is 9.20 Å². The van der Waals surface area contributed by atoms with E-state index >= 15 is 0 Å². The number of fused-ring (bicyclic) bond motifs is 2. The minimum absolute atomic E-state index is 0.253. The maximum absolute atomic E-state index is 11.1. The first kappa shape index (κ1) is 15.4. The van der Waals surface area contributed by atoms with E-state index in [1.807, 2.05) is 42.7 Å². The Labute approximate surface area is 143 Å². The lowest BCUT2D eigenvalue weighted by Crippen LogP contribution is -1.95. The summed E-state index contributed by atoms with van der Waals surface area (Å²) in [7, 11) is 0. The highest BCUT2D eigenvalue weighted by molar-refractivity contribution is 5.86. The Hall–Kier alpha value is -3.15. The number of rotatable bonds is 2. The van der Waals surface area contributed by atoms with E-state index in [1.54, 1.807) is 4.40 Å². The molecule has 4 aromatic rings. The first-order valence-corrected chi connectivity index (χ1v) is 8.10. The van der Waals surface area contributed by atoms with Crippen LogP contribution in [0.15, 0.2) is 48.8 Å². The first-order chi connectivity index (χ1) is 12.2. The SMILES string of the molecule is FC1CC1.Nc1nc2ccc(-c3ccc4[nH]ccc4c3)cn2c1C=O. The zero-order valence-electron chi connectivity index (χ0n) is 13.4. The molecule has 1 aliphatic carbocycles. The van der Waals surface area contributed by atoms with E-state index in [9.17, 15) is 9.18 Å². The fourth-order valence-corrected chi connectivity index (χ4v) is 2.66. The van der Waals surface area contributed by atoms with Crippen molar-refractivity contribution in [2.24, 2.45) is 0 Å². The molecular formula is C19H17FN4O. The fourth-order valence-electron chi connectivity index (χ4n) is 2.66. The van der Waals surface area contributed by atoms with Crippen molar-refractivity contribution in [1.29, 1.82) is 0 Å². The monoisotopic (exact) mass is 336 g/mol. The van der Waals surface area contributed by atoms with Crippen LogP contribution in [0.25, 0.3) is 27.7 Å². The molecule has 3 N–H and O–H groups in total. The quantitative estimate of drug-likeness (QED) is 0.543. The highest BCUT2D eigenvalue weighted by Crippen LogP contribution is 2.25. The zero-order valence-corrected chi connectivity index (χ0v) is 13.4. The van der Waals surface area contributed by atoms with Crippen LogP contribution < -0.4 is 5.73 Å². The number of anilines is 1. The van der Waals surface area contributed by atoms with Gasteiger partial charge in [0.25, 0.3) is 0 Å². The maximum atomic E-state index is 11.1. The van der Waals surface area contributed by atoms with Crippen molar-refractivity contribution in [2.45, 2.75) is 19.0 Å². The van der Waals surface area contributed by atoms with Gasteiger partial charge >= 0.3 is 0 Å². The Morgan fingerprint density at radius 1 is 1.20 bits per heavy atom. The molecule has 25 heavy (non-hydrogen) atoms. The molecule has 5 rings (SSSR count). The third-order valence-corrected chi connectivity index (χ3v) is 4.19. The lowest BCUT2D eigenvalue weighted by molar-refractivity contribution is 0.111. The Morgan fingerprint density at radius 2 is 1.96 bits per heavy atom. The smallest absolute Gasteiger partial charge is 0.170 e. The summed E-state index contributed by atoms with van der Waals surface area (Å²) >= 11 is 0. The summed E-state index contributed by atoms with van der Waals surface area (Å²) in [6.07, 6.45) is 5.75. The number of nitrogens with zero attached hydrogens (tertiary/aromatic N) is 2. The Kier molecular flexibility index (Phi) is 3.72. The van der Waals surface area contributed by atoms with E-state index in [1.165, 1.54) is 0 Å². The van der Waals surface area contributed by atoms with E-state index in [-0.39, 0.29) is 5.82 Å². The Balaban J connectivity index is 0.000000347. The molecule has 3 heterocycles. The number of imidazole rings is 1. The molecule has 3 aromatic heterocycles. The molecule has 0 aliphatic heterocycles. The lowest BCUT2D eigenvalue weighted by atomic mass is 10.1. The van der Waals surface area contributed by atoms with Crippen LogP contribution in [-0.4, -0.2) is 26.8 Å². The van der Waals surface area contributed by atoms with Crippen molar-refractivity contribution in [3.8, 4) is 11.1 Å². The molecule has 1 saturated carbocycles. The summed E-state index contributed by atoms with van der Waals surface area (Å²) in [5, 5.41) is 1.15. The van der Waals surface area contributed by atoms with Crippen molar-refractivity contribution in [3.05, 3.63) is 54.5 Å². The van der Waals surface area contributed by atoms with Gasteiger partial charge < -0.3 is 10.7 Å². The summed E-state index contributed by atoms with van der Waals surface area (Å²) in [6.45, 7) is 0. The van der Waals surface area contributed by atoms with Gasteiger partial charge in [0.2, 0.25) is 0 Å². The van der Waals surface area contributed by atoms with Gasteiger partial charge in [-0.2, -0.15) is 0 Å². The minimum atomic E-state index is -0.417. The van der Waals surface area contributed by atoms with Crippen LogP contribution in [0.4, 0.5) is 10.2 Å². The van der Waals surface area contributed by atoms with E-state index in [4.69, 9.17) is 5.73 Å². The number of hydrogen-bond donors (Lipinski definition) is 2. The summed E-state index contributed by atoms with van der Waals surface area (Å²) in [5.41, 5.74) is 9.98. The molecule has 0 saturated heterocycles. The molecular weight excluding hydrogens is 319 g/mol. The van der Waals surface area contributed by atoms with E-state index < -0.39 is 6.17 Å². The van der Waals surface area contributed by atoms with Gasteiger partial charge in [0.1, 0.15) is 17.5 Å². The zero-order chi connectivity index (χ0) is 17.4. The summed E-state index contributed by atoms with van der Waals surface area (Å²) in [6, 6.07) is 12.1. The normalized spacial score (nSPS) is 13.6. The second kappa shape index (κ2) is 6.05. The number of nitrogen functional groups attached to an aromatic ring is 1. The number of nitrogens with one attached hydrogen (secondary N) is 1. The number of aldehydes is 1. The second-order valence-corrected chi connectivity index (χ2v) is 6.10. The van der Waals surface area contributed by atoms with Crippen molar-refractivity contribution in [1.82, 2.24) is 14.4 Å². The molecule has 0 radical (unpaired) electrons. The molecule has 5 nitrogen and oxygen atoms in total. The highest BCUT2D eigenvalue weighted by Gasteiger charge is 2.18. The predicted octanol–water partition coefficient (Wildman–Crippen LogP) is 4.00. The number of pyridine rings is 1. The average molecular weight is 336 g/mol. The second-order valence-electron chi connectivity index (χ2n) is 6.10. The predicted molar refractivity (Wildman–Crippen MR) is 96.4 cm³/mol. The molecule has 0 unspecified atom stereocenters. The van der Waals surface area contributed by atoms with Gasteiger partial charge in [0, 0.05) is 17.9 Å². The van der Waals surface area contributed by atoms with Crippen LogP contribution in [0.1, 0.15) is 23.3 Å². The molecule has 1 fully saturated rings. The maximum Gasteiger partial charge on any atom is 0.170 e. The van der Waals surface area contributed by atoms with Crippen LogP contribution in [0.5, 0.6) is 0 Å². The first-order valence-electron chi connectivity index (χ1n) is 8.10. The number of benzene rings is 1. The largest absolute Gasteiger partial charge is 0.382 e. The molecule has 0 spiro atoms. The summed E-state index contributed by atoms with van der Waals surface area (Å²) < 4.78 is 12.8. The molecule has 6 heteroatoms. The van der Waals surface area contributed by atoms with Crippen molar-refractivity contribution in [3.63, 3.8) is 0 Å². The number of alkyl halides is 1. The summed E-state index contributed by atoms with van der Waals surface area (Å²) in [4.78, 5) is 18.5. The molecule has 0 bridgehead atoms. The number of hydrogen-bond acceptors (Lipinski definition) is 3. The number of carbonyl (C=O) groups is 1. The van der Waals surface area contributed by atoms with Crippen LogP contribution >= 0.6 is 0 Å². The van der Waals surface area contributed by atoms with Crippen LogP contribution in [0, 0.1) is 0 Å². The van der Waals surface area contributed by atoms with Gasteiger partial charge in [0.05, 0.1) is 0 Å². The van der Waals surface area contributed by atoms with Crippen LogP contribution in [0.2, 0.25) is 0 Å². The average Bonchev–Trinajstić information content (AvgIpc) is 3.15. The lowest BCUT2D eigenvalue weighted by Gasteiger charge is -2.04. The number of halogens is 1. The topological polar surface area (TPSA) is 76.2 Å². The molecule has 1 aromatic carbocycles. The third-order valence-electron chi connectivity index (χ3n) is 4.19. The van der Waals surface area contributed by atoms with Crippen molar-refractivity contribution in [2.75, 3.05) is 5.73 Å². The Morgan fingerprint density at radius 3 is 2.68 bits per heavy atom. The number of nitrogens with two attached hydrogens (primary N) is 1. The molecule has 0 amide bonds. The van der Waals surface area contributed by atoms with Crippen LogP contribution in [0.3, 0.4) is 0 Å². The number of aromatic amines is 1. The number of H-pyrrole nitrogens is 1. The molecule has 1 aliphatic rings. The van der Waals surface area contributed by atoms with E-state index in [2.05, 4.69) is 16.0 Å². The minimum Gasteiger partial charge on any atom is -0.382 e. The molecule has 0 atom stereocenters. The fraction of sp³-hybridized carbons (Fsp3) is 0.158. The Bertz CT molecular complexity index is 1060. The van der Waals surface area contributed by atoms with Gasteiger partial charge in [0.15, 0.2) is 12.1 Å². The van der Waals surface area contributed by atoms with E-state index in [0.29, 0.717) is 11.3 Å². The highest BCUT2D eigenvalue weighted by atomic mass is 19.1. The van der Waals surface area contributed by atoms with E-state index in [0.717, 1.165) is 41.2 Å². The van der Waals surface area contributed by atoms with Gasteiger partial charge in [-0.25, -0.2) is 9.37 Å². The standard InChI is InChI=1S/C16H12N4O.C3H5F/c17-16-14(9-21)20-8-12(2-4-15(20)19-16)10-1-3-13-11(7-10)5-6-18-13;4-3-1-2-3/h1-9,18H,17H2;3H,1-2H2. The van der Waals surface area contributed by atoms with Gasteiger partial charge in [-0.1, -0.05) is 6.07 Å². The number of aromatic nitrogens is 3. The summed E-state index contributed by atoms with van der Waals surface area (Å²) in [5.74, 6) is 0.253.